The zero-order chi connectivity index (χ0) is 15.3. The molecule has 1 atom stereocenters. The Hall–Kier alpha value is -1.03. The highest BCUT2D eigenvalue weighted by Gasteiger charge is 2.28. The molecule has 1 unspecified atom stereocenters. The van der Waals surface area contributed by atoms with Crippen molar-refractivity contribution in [1.29, 1.82) is 0 Å². The maximum atomic E-state index is 11.9. The van der Waals surface area contributed by atoms with Crippen LogP contribution in [0.15, 0.2) is 5.16 Å². The molecule has 10 heteroatoms. The van der Waals surface area contributed by atoms with Gasteiger partial charge in [0.15, 0.2) is 0 Å². The van der Waals surface area contributed by atoms with Crippen LogP contribution in [0.4, 0.5) is 13.2 Å². The second-order valence-electron chi connectivity index (χ2n) is 4.24. The zero-order valence-electron chi connectivity index (χ0n) is 10.7. The first-order chi connectivity index (χ1) is 8.49. The topological polar surface area (TPSA) is 96.0 Å². The normalized spacial score (nSPS) is 15.8. The third-order valence-corrected chi connectivity index (χ3v) is 4.39. The molecule has 0 bridgehead atoms. The lowest BCUT2D eigenvalue weighted by Crippen LogP contribution is -2.37. The van der Waals surface area contributed by atoms with Crippen molar-refractivity contribution in [2.24, 2.45) is 16.8 Å². The first-order valence-electron chi connectivity index (χ1n) is 5.48. The summed E-state index contributed by atoms with van der Waals surface area (Å²) in [4.78, 5) is 0. The van der Waals surface area contributed by atoms with Gasteiger partial charge < -0.3 is 10.9 Å². The number of hydrogen-bond donors (Lipinski definition) is 2. The van der Waals surface area contributed by atoms with Crippen molar-refractivity contribution in [3.8, 4) is 0 Å². The number of alkyl halides is 3. The lowest BCUT2D eigenvalue weighted by molar-refractivity contribution is -0.134. The molecular weight excluding hydrogens is 287 g/mol. The van der Waals surface area contributed by atoms with Crippen LogP contribution in [0.3, 0.4) is 0 Å². The van der Waals surface area contributed by atoms with Crippen molar-refractivity contribution >= 4 is 15.9 Å². The molecule has 0 aromatic rings. The van der Waals surface area contributed by atoms with Gasteiger partial charge in [0.05, 0.1) is 5.75 Å². The van der Waals surface area contributed by atoms with Crippen molar-refractivity contribution in [1.82, 2.24) is 4.31 Å². The van der Waals surface area contributed by atoms with Gasteiger partial charge in [-0.3, -0.25) is 0 Å². The van der Waals surface area contributed by atoms with Crippen LogP contribution in [0, 0.1) is 5.92 Å². The molecule has 0 radical (unpaired) electrons. The Bertz CT molecular complexity index is 409. The molecule has 0 saturated heterocycles. The third kappa shape index (κ3) is 7.21. The van der Waals surface area contributed by atoms with Gasteiger partial charge in [-0.1, -0.05) is 12.1 Å². The molecule has 3 N–H and O–H groups in total. The Morgan fingerprint density at radius 2 is 2.00 bits per heavy atom. The van der Waals surface area contributed by atoms with Crippen LogP contribution >= 0.6 is 0 Å². The summed E-state index contributed by atoms with van der Waals surface area (Å²) in [6, 6.07) is 0. The summed E-state index contributed by atoms with van der Waals surface area (Å²) in [6.45, 7) is 1.47. The molecule has 0 aromatic heterocycles. The molecule has 0 spiro atoms. The molecule has 0 fully saturated rings. The fourth-order valence-electron chi connectivity index (χ4n) is 1.30. The first-order valence-corrected chi connectivity index (χ1v) is 7.08. The second kappa shape index (κ2) is 6.94. The lowest BCUT2D eigenvalue weighted by Gasteiger charge is -2.20. The number of amidine groups is 1. The minimum atomic E-state index is -4.37. The number of nitrogens with zero attached hydrogens (tertiary/aromatic N) is 2. The number of oxime groups is 1. The van der Waals surface area contributed by atoms with E-state index in [1.54, 1.807) is 0 Å². The van der Waals surface area contributed by atoms with E-state index in [-0.39, 0.29) is 12.4 Å². The molecule has 114 valence electrons. The summed E-state index contributed by atoms with van der Waals surface area (Å²) in [7, 11) is -2.54. The predicted molar refractivity (Wildman–Crippen MR) is 64.3 cm³/mol. The Labute approximate surface area is 110 Å². The number of nitrogens with two attached hydrogens (primary N) is 1. The van der Waals surface area contributed by atoms with E-state index in [2.05, 4.69) is 5.16 Å². The van der Waals surface area contributed by atoms with Gasteiger partial charge in [-0.2, -0.15) is 13.2 Å². The largest absolute Gasteiger partial charge is 0.409 e. The fraction of sp³-hybridized carbons (Fsp3) is 0.889. The summed E-state index contributed by atoms with van der Waals surface area (Å²) < 4.78 is 60.0. The molecule has 0 amide bonds. The van der Waals surface area contributed by atoms with Gasteiger partial charge in [0.1, 0.15) is 5.84 Å². The van der Waals surface area contributed by atoms with Gasteiger partial charge in [-0.25, -0.2) is 12.7 Å². The maximum absolute atomic E-state index is 11.9. The SMILES string of the molecule is CC(CN(C)S(=O)(=O)CCCC(F)(F)F)C(N)=NO. The lowest BCUT2D eigenvalue weighted by atomic mass is 10.2. The molecule has 0 aliphatic carbocycles. The molecule has 0 aliphatic rings. The summed E-state index contributed by atoms with van der Waals surface area (Å²) in [5, 5.41) is 11.2. The second-order valence-corrected chi connectivity index (χ2v) is 6.44. The quantitative estimate of drug-likeness (QED) is 0.317. The maximum Gasteiger partial charge on any atom is 0.389 e. The molecule has 0 rings (SSSR count). The van der Waals surface area contributed by atoms with Crippen LogP contribution in [0.5, 0.6) is 0 Å². The number of halogens is 3. The molecule has 0 heterocycles. The van der Waals surface area contributed by atoms with Crippen LogP contribution in [-0.4, -0.2) is 49.3 Å². The summed E-state index contributed by atoms with van der Waals surface area (Å²) in [5.41, 5.74) is 5.30. The van der Waals surface area contributed by atoms with E-state index in [9.17, 15) is 21.6 Å². The molecule has 0 aromatic carbocycles. The Morgan fingerprint density at radius 3 is 2.42 bits per heavy atom. The van der Waals surface area contributed by atoms with Gasteiger partial charge in [-0.05, 0) is 6.42 Å². The van der Waals surface area contributed by atoms with Gasteiger partial charge >= 0.3 is 6.18 Å². The third-order valence-electron chi connectivity index (χ3n) is 2.49. The van der Waals surface area contributed by atoms with Crippen LogP contribution in [0.2, 0.25) is 0 Å². The Balaban J connectivity index is 4.41. The average Bonchev–Trinajstić information content (AvgIpc) is 2.25. The van der Waals surface area contributed by atoms with Crippen molar-refractivity contribution in [2.45, 2.75) is 25.9 Å². The highest BCUT2D eigenvalue weighted by atomic mass is 32.2. The van der Waals surface area contributed by atoms with Crippen LogP contribution in [-0.2, 0) is 10.0 Å². The smallest absolute Gasteiger partial charge is 0.389 e. The number of sulfonamides is 1. The van der Waals surface area contributed by atoms with Crippen LogP contribution in [0.1, 0.15) is 19.8 Å². The minimum Gasteiger partial charge on any atom is -0.409 e. The van der Waals surface area contributed by atoms with Crippen molar-refractivity contribution in [2.75, 3.05) is 19.3 Å². The van der Waals surface area contributed by atoms with E-state index >= 15 is 0 Å². The number of hydrogen-bond acceptors (Lipinski definition) is 4. The molecule has 6 nitrogen and oxygen atoms in total. The van der Waals surface area contributed by atoms with Crippen molar-refractivity contribution in [3.63, 3.8) is 0 Å². The Kier molecular flexibility index (Phi) is 6.57. The van der Waals surface area contributed by atoms with Crippen LogP contribution < -0.4 is 5.73 Å². The Morgan fingerprint density at radius 1 is 1.47 bits per heavy atom. The van der Waals surface area contributed by atoms with E-state index in [0.29, 0.717) is 0 Å². The molecule has 0 saturated carbocycles. The van der Waals surface area contributed by atoms with Gasteiger partial charge in [0, 0.05) is 25.9 Å². The highest BCUT2D eigenvalue weighted by Crippen LogP contribution is 2.22. The molecule has 0 aliphatic heterocycles. The summed E-state index contributed by atoms with van der Waals surface area (Å²) in [6.07, 6.45) is -6.00. The van der Waals surface area contributed by atoms with Gasteiger partial charge in [0.2, 0.25) is 10.0 Å². The van der Waals surface area contributed by atoms with E-state index in [1.165, 1.54) is 14.0 Å². The first kappa shape index (κ1) is 18.0. The predicted octanol–water partition coefficient (Wildman–Crippen LogP) is 0.973. The van der Waals surface area contributed by atoms with E-state index < -0.39 is 40.7 Å². The molecular formula is C9H18F3N3O3S. The van der Waals surface area contributed by atoms with E-state index in [0.717, 1.165) is 4.31 Å². The molecule has 19 heavy (non-hydrogen) atoms. The minimum absolute atomic E-state index is 0.0652. The average molecular weight is 305 g/mol. The van der Waals surface area contributed by atoms with Crippen molar-refractivity contribution in [3.05, 3.63) is 0 Å². The van der Waals surface area contributed by atoms with Gasteiger partial charge in [0.25, 0.3) is 0 Å². The zero-order valence-corrected chi connectivity index (χ0v) is 11.5. The van der Waals surface area contributed by atoms with Crippen molar-refractivity contribution < 1.29 is 26.8 Å². The van der Waals surface area contributed by atoms with Gasteiger partial charge in [-0.15, -0.1) is 0 Å². The summed E-state index contributed by atoms with van der Waals surface area (Å²) >= 11 is 0. The highest BCUT2D eigenvalue weighted by molar-refractivity contribution is 7.89. The fourth-order valence-corrected chi connectivity index (χ4v) is 2.57. The monoisotopic (exact) mass is 305 g/mol. The summed E-state index contributed by atoms with van der Waals surface area (Å²) in [5.74, 6) is -1.27. The van der Waals surface area contributed by atoms with E-state index in [1.807, 2.05) is 0 Å². The standard InChI is InChI=1S/C9H18F3N3O3S/c1-7(8(13)14-16)6-15(2)19(17,18)5-3-4-9(10,11)12/h7,16H,3-6H2,1-2H3,(H2,13,14). The number of rotatable bonds is 7. The van der Waals surface area contributed by atoms with Crippen LogP contribution in [0.25, 0.3) is 0 Å². The van der Waals surface area contributed by atoms with E-state index in [4.69, 9.17) is 10.9 Å².